The summed E-state index contributed by atoms with van der Waals surface area (Å²) in [6.45, 7) is 0.464. The minimum atomic E-state index is -0.718. The summed E-state index contributed by atoms with van der Waals surface area (Å²) in [5.74, 6) is -1.13. The standard InChI is InChI=1S/C19H21N3O7/c23-16(21-19(26)20-12-1-2-12)10-29-18(25)11-7-17(24)22(9-11)13-3-4-14-15(8-13)28-6-5-27-14/h3-4,8,11-12H,1-2,5-7,9-10H2,(H2,20,21,23,26)/t11-/m1/s1. The van der Waals surface area contributed by atoms with Crippen LogP contribution in [0.4, 0.5) is 10.5 Å². The number of hydrogen-bond acceptors (Lipinski definition) is 7. The molecule has 0 unspecified atom stereocenters. The van der Waals surface area contributed by atoms with Gasteiger partial charge in [-0.05, 0) is 25.0 Å². The highest BCUT2D eigenvalue weighted by Gasteiger charge is 2.37. The lowest BCUT2D eigenvalue weighted by atomic mass is 10.1. The molecular formula is C19H21N3O7. The van der Waals surface area contributed by atoms with Crippen molar-refractivity contribution in [3.8, 4) is 11.5 Å². The van der Waals surface area contributed by atoms with Gasteiger partial charge in [-0.25, -0.2) is 4.79 Å². The summed E-state index contributed by atoms with van der Waals surface area (Å²) in [4.78, 5) is 49.3. The summed E-state index contributed by atoms with van der Waals surface area (Å²) in [6.07, 6.45) is 1.77. The van der Waals surface area contributed by atoms with Gasteiger partial charge in [-0.1, -0.05) is 0 Å². The summed E-state index contributed by atoms with van der Waals surface area (Å²) >= 11 is 0. The number of carbonyl (C=O) groups is 4. The quantitative estimate of drug-likeness (QED) is 0.680. The first-order valence-corrected chi connectivity index (χ1v) is 9.46. The number of benzene rings is 1. The molecule has 2 fully saturated rings. The summed E-state index contributed by atoms with van der Waals surface area (Å²) in [6, 6.07) is 4.66. The van der Waals surface area contributed by atoms with Crippen LogP contribution in [0.1, 0.15) is 19.3 Å². The second-order valence-electron chi connectivity index (χ2n) is 7.14. The van der Waals surface area contributed by atoms with Gasteiger partial charge in [-0.15, -0.1) is 0 Å². The van der Waals surface area contributed by atoms with Gasteiger partial charge >= 0.3 is 12.0 Å². The topological polar surface area (TPSA) is 123 Å². The van der Waals surface area contributed by atoms with Gasteiger partial charge in [0, 0.05) is 30.8 Å². The SMILES string of the molecule is O=C(COC(=O)[C@@H]1CC(=O)N(c2ccc3c(c2)OCCO3)C1)NC(=O)NC1CC1. The lowest BCUT2D eigenvalue weighted by Crippen LogP contribution is -2.42. The maximum atomic E-state index is 12.4. The Kier molecular flexibility index (Phi) is 5.24. The Bertz CT molecular complexity index is 852. The molecule has 154 valence electrons. The molecule has 2 heterocycles. The molecule has 10 nitrogen and oxygen atoms in total. The van der Waals surface area contributed by atoms with Crippen molar-refractivity contribution < 1.29 is 33.4 Å². The first-order valence-electron chi connectivity index (χ1n) is 9.46. The fourth-order valence-corrected chi connectivity index (χ4v) is 3.18. The van der Waals surface area contributed by atoms with Crippen LogP contribution in [-0.2, 0) is 19.1 Å². The Morgan fingerprint density at radius 2 is 1.90 bits per heavy atom. The summed E-state index contributed by atoms with van der Waals surface area (Å²) in [5, 5.41) is 4.70. The van der Waals surface area contributed by atoms with Gasteiger partial charge < -0.3 is 24.4 Å². The number of urea groups is 1. The van der Waals surface area contributed by atoms with Crippen LogP contribution in [0.15, 0.2) is 18.2 Å². The molecule has 1 atom stereocenters. The number of fused-ring (bicyclic) bond motifs is 1. The van der Waals surface area contributed by atoms with E-state index in [1.54, 1.807) is 18.2 Å². The maximum absolute atomic E-state index is 12.4. The van der Waals surface area contributed by atoms with E-state index in [-0.39, 0.29) is 24.9 Å². The number of carbonyl (C=O) groups excluding carboxylic acids is 4. The molecule has 1 saturated heterocycles. The highest BCUT2D eigenvalue weighted by atomic mass is 16.6. The van der Waals surface area contributed by atoms with Crippen LogP contribution < -0.4 is 25.0 Å². The van der Waals surface area contributed by atoms with E-state index in [4.69, 9.17) is 14.2 Å². The third-order valence-electron chi connectivity index (χ3n) is 4.81. The molecule has 1 saturated carbocycles. The summed E-state index contributed by atoms with van der Waals surface area (Å²) in [5.41, 5.74) is 0.601. The Morgan fingerprint density at radius 1 is 1.14 bits per heavy atom. The fraction of sp³-hybridized carbons (Fsp3) is 0.474. The largest absolute Gasteiger partial charge is 0.486 e. The number of nitrogens with zero attached hydrogens (tertiary/aromatic N) is 1. The van der Waals surface area contributed by atoms with E-state index in [0.717, 1.165) is 12.8 Å². The number of ether oxygens (including phenoxy) is 3. The first-order chi connectivity index (χ1) is 14.0. The van der Waals surface area contributed by atoms with Crippen LogP contribution in [0.25, 0.3) is 0 Å². The molecule has 2 N–H and O–H groups in total. The normalized spacial score (nSPS) is 20.2. The van der Waals surface area contributed by atoms with E-state index in [9.17, 15) is 19.2 Å². The minimum absolute atomic E-state index is 0.0168. The third-order valence-corrected chi connectivity index (χ3v) is 4.81. The molecule has 4 amide bonds. The van der Waals surface area contributed by atoms with Gasteiger partial charge in [0.2, 0.25) is 5.91 Å². The van der Waals surface area contributed by atoms with Gasteiger partial charge in [-0.2, -0.15) is 0 Å². The minimum Gasteiger partial charge on any atom is -0.486 e. The zero-order chi connectivity index (χ0) is 20.4. The number of hydrogen-bond donors (Lipinski definition) is 2. The van der Waals surface area contributed by atoms with Gasteiger partial charge in [0.15, 0.2) is 18.1 Å². The summed E-state index contributed by atoms with van der Waals surface area (Å²) in [7, 11) is 0. The van der Waals surface area contributed by atoms with Gasteiger partial charge in [0.25, 0.3) is 5.91 Å². The average molecular weight is 403 g/mol. The highest BCUT2D eigenvalue weighted by Crippen LogP contribution is 2.36. The summed E-state index contributed by atoms with van der Waals surface area (Å²) < 4.78 is 16.0. The van der Waals surface area contributed by atoms with Gasteiger partial charge in [-0.3, -0.25) is 19.7 Å². The van der Waals surface area contributed by atoms with E-state index >= 15 is 0 Å². The van der Waals surface area contributed by atoms with Gasteiger partial charge in [0.1, 0.15) is 13.2 Å². The van der Waals surface area contributed by atoms with Crippen LogP contribution >= 0.6 is 0 Å². The van der Waals surface area contributed by atoms with Crippen molar-refractivity contribution in [3.63, 3.8) is 0 Å². The molecule has 0 radical (unpaired) electrons. The lowest BCUT2D eigenvalue weighted by molar-refractivity contribution is -0.152. The van der Waals surface area contributed by atoms with E-state index in [1.807, 2.05) is 0 Å². The van der Waals surface area contributed by atoms with Crippen LogP contribution in [0, 0.1) is 5.92 Å². The Labute approximate surface area is 166 Å². The maximum Gasteiger partial charge on any atom is 0.321 e. The van der Waals surface area contributed by atoms with E-state index < -0.39 is 30.4 Å². The molecule has 0 bridgehead atoms. The van der Waals surface area contributed by atoms with E-state index in [1.165, 1.54) is 4.90 Å². The molecule has 0 spiro atoms. The molecule has 3 aliphatic rings. The lowest BCUT2D eigenvalue weighted by Gasteiger charge is -2.22. The molecular weight excluding hydrogens is 382 g/mol. The van der Waals surface area contributed by atoms with Crippen molar-refractivity contribution in [1.82, 2.24) is 10.6 Å². The molecule has 10 heteroatoms. The molecule has 1 aliphatic carbocycles. The van der Waals surface area contributed by atoms with E-state index in [2.05, 4.69) is 10.6 Å². The monoisotopic (exact) mass is 403 g/mol. The average Bonchev–Trinajstić information content (AvgIpc) is 3.43. The first kappa shape index (κ1) is 19.0. The van der Waals surface area contributed by atoms with Crippen LogP contribution in [-0.4, -0.2) is 56.2 Å². The number of rotatable bonds is 5. The number of imide groups is 1. The predicted molar refractivity (Wildman–Crippen MR) is 98.5 cm³/mol. The van der Waals surface area contributed by atoms with Crippen molar-refractivity contribution in [3.05, 3.63) is 18.2 Å². The number of amides is 4. The smallest absolute Gasteiger partial charge is 0.321 e. The second kappa shape index (κ2) is 7.98. The Morgan fingerprint density at radius 3 is 2.66 bits per heavy atom. The van der Waals surface area contributed by atoms with Crippen LogP contribution in [0.2, 0.25) is 0 Å². The van der Waals surface area contributed by atoms with Crippen molar-refractivity contribution in [2.75, 3.05) is 31.3 Å². The van der Waals surface area contributed by atoms with Crippen molar-refractivity contribution >= 4 is 29.5 Å². The number of anilines is 1. The molecule has 29 heavy (non-hydrogen) atoms. The van der Waals surface area contributed by atoms with Crippen LogP contribution in [0.3, 0.4) is 0 Å². The van der Waals surface area contributed by atoms with Gasteiger partial charge in [0.05, 0.1) is 5.92 Å². The number of esters is 1. The zero-order valence-electron chi connectivity index (χ0n) is 15.6. The van der Waals surface area contributed by atoms with Crippen molar-refractivity contribution in [2.45, 2.75) is 25.3 Å². The molecule has 0 aromatic heterocycles. The fourth-order valence-electron chi connectivity index (χ4n) is 3.18. The second-order valence-corrected chi connectivity index (χ2v) is 7.14. The Hall–Kier alpha value is -3.30. The number of nitrogens with one attached hydrogen (secondary N) is 2. The Balaban J connectivity index is 1.28. The van der Waals surface area contributed by atoms with Crippen molar-refractivity contribution in [2.24, 2.45) is 5.92 Å². The predicted octanol–water partition coefficient (Wildman–Crippen LogP) is 0.342. The molecule has 2 aliphatic heterocycles. The molecule has 1 aromatic rings. The molecule has 1 aromatic carbocycles. The van der Waals surface area contributed by atoms with E-state index in [0.29, 0.717) is 30.4 Å². The van der Waals surface area contributed by atoms with Crippen LogP contribution in [0.5, 0.6) is 11.5 Å². The highest BCUT2D eigenvalue weighted by molar-refractivity contribution is 6.00. The van der Waals surface area contributed by atoms with Crippen molar-refractivity contribution in [1.29, 1.82) is 0 Å². The third kappa shape index (κ3) is 4.58. The molecule has 4 rings (SSSR count). The zero-order valence-corrected chi connectivity index (χ0v) is 15.6.